The van der Waals surface area contributed by atoms with Gasteiger partial charge in [0.05, 0.1) is 11.2 Å². The Labute approximate surface area is 154 Å². The number of sulfonamides is 1. The molecule has 0 unspecified atom stereocenters. The lowest BCUT2D eigenvalue weighted by atomic mass is 9.94. The Morgan fingerprint density at radius 2 is 1.73 bits per heavy atom. The lowest BCUT2D eigenvalue weighted by molar-refractivity contribution is 0.0996. The van der Waals surface area contributed by atoms with Crippen LogP contribution in [0.5, 0.6) is 0 Å². The minimum absolute atomic E-state index is 0.242. The molecule has 0 radical (unpaired) electrons. The van der Waals surface area contributed by atoms with Crippen LogP contribution in [-0.2, 0) is 10.0 Å². The number of benzene rings is 1. The van der Waals surface area contributed by atoms with Crippen molar-refractivity contribution < 1.29 is 17.6 Å². The lowest BCUT2D eigenvalue weighted by Gasteiger charge is -2.34. The highest BCUT2D eigenvalue weighted by Crippen LogP contribution is 2.27. The summed E-state index contributed by atoms with van der Waals surface area (Å²) in [5.74, 6) is 0.590. The molecule has 1 fully saturated rings. The Morgan fingerprint density at radius 1 is 1.12 bits per heavy atom. The van der Waals surface area contributed by atoms with E-state index in [1.165, 1.54) is 18.4 Å². The molecule has 1 aliphatic rings. The number of furan rings is 1. The molecular weight excluding hydrogens is 352 g/mol. The van der Waals surface area contributed by atoms with Crippen LogP contribution in [0.4, 0.5) is 5.69 Å². The number of rotatable bonds is 4. The van der Waals surface area contributed by atoms with Crippen molar-refractivity contribution in [2.24, 2.45) is 11.8 Å². The number of hydrogen-bond acceptors (Lipinski definition) is 4. The van der Waals surface area contributed by atoms with Gasteiger partial charge in [-0.25, -0.2) is 8.42 Å². The van der Waals surface area contributed by atoms with E-state index < -0.39 is 10.0 Å². The average Bonchev–Trinajstić information content (AvgIpc) is 3.00. The van der Waals surface area contributed by atoms with Crippen molar-refractivity contribution in [2.75, 3.05) is 18.4 Å². The van der Waals surface area contributed by atoms with Gasteiger partial charge < -0.3 is 9.73 Å². The Morgan fingerprint density at radius 3 is 2.27 bits per heavy atom. The van der Waals surface area contributed by atoms with Gasteiger partial charge in [-0.15, -0.1) is 0 Å². The molecule has 0 saturated carbocycles. The lowest BCUT2D eigenvalue weighted by Crippen LogP contribution is -2.42. The van der Waals surface area contributed by atoms with Crippen molar-refractivity contribution in [3.8, 4) is 0 Å². The first-order valence-electron chi connectivity index (χ1n) is 8.73. The van der Waals surface area contributed by atoms with E-state index in [1.54, 1.807) is 29.4 Å². The number of anilines is 1. The second-order valence-electron chi connectivity index (χ2n) is 7.18. The van der Waals surface area contributed by atoms with Gasteiger partial charge in [-0.2, -0.15) is 4.31 Å². The zero-order valence-electron chi connectivity index (χ0n) is 15.2. The average molecular weight is 376 g/mol. The summed E-state index contributed by atoms with van der Waals surface area (Å²) in [7, 11) is -3.52. The number of hydrogen-bond donors (Lipinski definition) is 1. The SMILES string of the molecule is Cc1ccoc1C(=O)Nc1ccc(S(=O)(=O)N2C[C@H](C)C[C@@H](C)C2)cc1. The molecule has 0 bridgehead atoms. The molecule has 2 aromatic rings. The number of piperidine rings is 1. The van der Waals surface area contributed by atoms with Crippen LogP contribution >= 0.6 is 0 Å². The number of amides is 1. The smallest absolute Gasteiger partial charge is 0.291 e. The van der Waals surface area contributed by atoms with Crippen molar-refractivity contribution in [3.63, 3.8) is 0 Å². The van der Waals surface area contributed by atoms with E-state index >= 15 is 0 Å². The van der Waals surface area contributed by atoms with E-state index in [2.05, 4.69) is 19.2 Å². The predicted molar refractivity (Wildman–Crippen MR) is 99.5 cm³/mol. The highest BCUT2D eigenvalue weighted by atomic mass is 32.2. The molecule has 1 aromatic carbocycles. The molecule has 140 valence electrons. The number of nitrogens with one attached hydrogen (secondary N) is 1. The molecule has 2 heterocycles. The van der Waals surface area contributed by atoms with Gasteiger partial charge in [0.1, 0.15) is 0 Å². The maximum Gasteiger partial charge on any atom is 0.291 e. The molecule has 7 heteroatoms. The summed E-state index contributed by atoms with van der Waals surface area (Å²) in [4.78, 5) is 12.4. The molecule has 2 atom stereocenters. The van der Waals surface area contributed by atoms with E-state index in [9.17, 15) is 13.2 Å². The van der Waals surface area contributed by atoms with Crippen LogP contribution in [0, 0.1) is 18.8 Å². The highest BCUT2D eigenvalue weighted by Gasteiger charge is 2.31. The van der Waals surface area contributed by atoms with E-state index in [4.69, 9.17) is 4.42 Å². The number of nitrogens with zero attached hydrogens (tertiary/aromatic N) is 1. The summed E-state index contributed by atoms with van der Waals surface area (Å²) in [5, 5.41) is 2.72. The molecule has 1 amide bonds. The largest absolute Gasteiger partial charge is 0.459 e. The summed E-state index contributed by atoms with van der Waals surface area (Å²) in [6.07, 6.45) is 2.50. The Kier molecular flexibility index (Phi) is 5.20. The maximum absolute atomic E-state index is 12.9. The third-order valence-electron chi connectivity index (χ3n) is 4.65. The number of carbonyl (C=O) groups is 1. The summed E-state index contributed by atoms with van der Waals surface area (Å²) in [6.45, 7) is 7.03. The molecule has 1 aromatic heterocycles. The zero-order valence-corrected chi connectivity index (χ0v) is 16.0. The van der Waals surface area contributed by atoms with Gasteiger partial charge in [-0.05, 0) is 55.5 Å². The second kappa shape index (κ2) is 7.25. The molecule has 1 aliphatic heterocycles. The molecule has 0 spiro atoms. The van der Waals surface area contributed by atoms with Gasteiger partial charge in [0.25, 0.3) is 5.91 Å². The predicted octanol–water partition coefficient (Wildman–Crippen LogP) is 3.51. The molecule has 3 rings (SSSR count). The van der Waals surface area contributed by atoms with Gasteiger partial charge >= 0.3 is 0 Å². The molecular formula is C19H24N2O4S. The second-order valence-corrected chi connectivity index (χ2v) is 9.12. The fraction of sp³-hybridized carbons (Fsp3) is 0.421. The van der Waals surface area contributed by atoms with Crippen molar-refractivity contribution in [3.05, 3.63) is 47.9 Å². The van der Waals surface area contributed by atoms with E-state index in [1.807, 2.05) is 0 Å². The van der Waals surface area contributed by atoms with Gasteiger partial charge in [0.15, 0.2) is 5.76 Å². The first-order valence-corrected chi connectivity index (χ1v) is 10.2. The Hall–Kier alpha value is -2.12. The first kappa shape index (κ1) is 18.7. The number of aryl methyl sites for hydroxylation is 1. The molecule has 0 aliphatic carbocycles. The van der Waals surface area contributed by atoms with Gasteiger partial charge in [-0.1, -0.05) is 13.8 Å². The molecule has 26 heavy (non-hydrogen) atoms. The van der Waals surface area contributed by atoms with Gasteiger partial charge in [-0.3, -0.25) is 4.79 Å². The minimum Gasteiger partial charge on any atom is -0.459 e. The minimum atomic E-state index is -3.52. The van der Waals surface area contributed by atoms with Crippen molar-refractivity contribution >= 4 is 21.6 Å². The van der Waals surface area contributed by atoms with E-state index in [0.29, 0.717) is 30.6 Å². The summed E-state index contributed by atoms with van der Waals surface area (Å²) >= 11 is 0. The quantitative estimate of drug-likeness (QED) is 0.886. The third kappa shape index (κ3) is 3.83. The Balaban J connectivity index is 1.74. The van der Waals surface area contributed by atoms with Crippen LogP contribution in [0.2, 0.25) is 0 Å². The fourth-order valence-electron chi connectivity index (χ4n) is 3.45. The maximum atomic E-state index is 12.9. The number of carbonyl (C=O) groups excluding carboxylic acids is 1. The van der Waals surface area contributed by atoms with E-state index in [0.717, 1.165) is 12.0 Å². The van der Waals surface area contributed by atoms with Crippen molar-refractivity contribution in [1.29, 1.82) is 0 Å². The zero-order chi connectivity index (χ0) is 18.9. The third-order valence-corrected chi connectivity index (χ3v) is 6.50. The van der Waals surface area contributed by atoms with Crippen LogP contribution in [0.25, 0.3) is 0 Å². The van der Waals surface area contributed by atoms with Crippen molar-refractivity contribution in [2.45, 2.75) is 32.1 Å². The fourth-order valence-corrected chi connectivity index (χ4v) is 5.13. The van der Waals surface area contributed by atoms with Crippen LogP contribution in [0.3, 0.4) is 0 Å². The van der Waals surface area contributed by atoms with Gasteiger partial charge in [0, 0.05) is 24.3 Å². The summed E-state index contributed by atoms with van der Waals surface area (Å²) < 4.78 is 32.5. The summed E-state index contributed by atoms with van der Waals surface area (Å²) in [5.41, 5.74) is 1.26. The summed E-state index contributed by atoms with van der Waals surface area (Å²) in [6, 6.07) is 7.97. The highest BCUT2D eigenvalue weighted by molar-refractivity contribution is 7.89. The van der Waals surface area contributed by atoms with Crippen LogP contribution in [0.15, 0.2) is 45.9 Å². The van der Waals surface area contributed by atoms with Gasteiger partial charge in [0.2, 0.25) is 10.0 Å². The first-order chi connectivity index (χ1) is 12.3. The molecule has 1 N–H and O–H groups in total. The molecule has 1 saturated heterocycles. The van der Waals surface area contributed by atoms with Crippen LogP contribution < -0.4 is 5.32 Å². The van der Waals surface area contributed by atoms with Crippen LogP contribution in [0.1, 0.15) is 36.4 Å². The monoisotopic (exact) mass is 376 g/mol. The Bertz CT molecular complexity index is 877. The van der Waals surface area contributed by atoms with E-state index in [-0.39, 0.29) is 16.6 Å². The standard InChI is InChI=1S/C19H24N2O4S/c1-13-10-14(2)12-21(11-13)26(23,24)17-6-4-16(5-7-17)20-19(22)18-15(3)8-9-25-18/h4-9,13-14H,10-12H2,1-3H3,(H,20,22)/t13-,14-/m1/s1. The van der Waals surface area contributed by atoms with Crippen LogP contribution in [-0.4, -0.2) is 31.7 Å². The topological polar surface area (TPSA) is 79.6 Å². The normalized spacial score (nSPS) is 21.5. The van der Waals surface area contributed by atoms with Crippen molar-refractivity contribution in [1.82, 2.24) is 4.31 Å². The molecule has 6 nitrogen and oxygen atoms in total.